The van der Waals surface area contributed by atoms with Crippen molar-refractivity contribution in [2.75, 3.05) is 40.4 Å². The van der Waals surface area contributed by atoms with Crippen molar-refractivity contribution in [1.29, 1.82) is 0 Å². The summed E-state index contributed by atoms with van der Waals surface area (Å²) in [6, 6.07) is 10.1. The Morgan fingerprint density at radius 3 is 2.46 bits per heavy atom. The van der Waals surface area contributed by atoms with E-state index in [0.717, 1.165) is 44.0 Å². The zero-order valence-electron chi connectivity index (χ0n) is 15.8. The number of piperidine rings is 1. The highest BCUT2D eigenvalue weighted by molar-refractivity contribution is 14.0. The van der Waals surface area contributed by atoms with Crippen molar-refractivity contribution in [3.63, 3.8) is 0 Å². The van der Waals surface area contributed by atoms with Gasteiger partial charge in [0.2, 0.25) is 0 Å². The number of rotatable bonds is 6. The van der Waals surface area contributed by atoms with E-state index in [1.54, 1.807) is 7.11 Å². The molecule has 0 aromatic heterocycles. The second-order valence-corrected chi connectivity index (χ2v) is 6.11. The van der Waals surface area contributed by atoms with Gasteiger partial charge in [-0.25, -0.2) is 0 Å². The van der Waals surface area contributed by atoms with Crippen LogP contribution >= 0.6 is 24.0 Å². The van der Waals surface area contributed by atoms with Gasteiger partial charge in [-0.2, -0.15) is 0 Å². The standard InChI is InChI=1S/C19H29N3O3.HI/c1-4-20-19(22-12-10-16(11-13-22)18(23)25-3)21-14-17(24-2)15-8-6-5-7-9-15;/h5-9,16-17H,4,10-14H2,1-3H3,(H,20,21);1H. The summed E-state index contributed by atoms with van der Waals surface area (Å²) in [5, 5.41) is 3.35. The number of nitrogens with one attached hydrogen (secondary N) is 1. The van der Waals surface area contributed by atoms with Gasteiger partial charge in [0.1, 0.15) is 6.10 Å². The molecule has 1 unspecified atom stereocenters. The Morgan fingerprint density at radius 1 is 1.27 bits per heavy atom. The number of nitrogens with zero attached hydrogens (tertiary/aromatic N) is 2. The van der Waals surface area contributed by atoms with E-state index in [1.165, 1.54) is 7.11 Å². The number of carbonyl (C=O) groups is 1. The van der Waals surface area contributed by atoms with Gasteiger partial charge in [0.05, 0.1) is 19.6 Å². The van der Waals surface area contributed by atoms with E-state index in [1.807, 2.05) is 18.2 Å². The number of guanidine groups is 1. The van der Waals surface area contributed by atoms with Crippen LogP contribution in [-0.4, -0.2) is 57.2 Å². The van der Waals surface area contributed by atoms with Crippen LogP contribution in [-0.2, 0) is 14.3 Å². The van der Waals surface area contributed by atoms with E-state index >= 15 is 0 Å². The van der Waals surface area contributed by atoms with Crippen LogP contribution in [0.2, 0.25) is 0 Å². The average Bonchev–Trinajstić information content (AvgIpc) is 2.68. The average molecular weight is 475 g/mol. The van der Waals surface area contributed by atoms with E-state index in [0.29, 0.717) is 6.54 Å². The van der Waals surface area contributed by atoms with Crippen molar-refractivity contribution in [3.05, 3.63) is 35.9 Å². The van der Waals surface area contributed by atoms with Crippen molar-refractivity contribution in [2.24, 2.45) is 10.9 Å². The molecule has 146 valence electrons. The summed E-state index contributed by atoms with van der Waals surface area (Å²) >= 11 is 0. The first-order valence-corrected chi connectivity index (χ1v) is 8.88. The minimum absolute atomic E-state index is 0. The molecule has 2 rings (SSSR count). The van der Waals surface area contributed by atoms with Gasteiger partial charge in [-0.05, 0) is 25.3 Å². The van der Waals surface area contributed by atoms with Gasteiger partial charge in [0, 0.05) is 26.7 Å². The van der Waals surface area contributed by atoms with Crippen molar-refractivity contribution < 1.29 is 14.3 Å². The Morgan fingerprint density at radius 2 is 1.92 bits per heavy atom. The molecule has 1 fully saturated rings. The molecule has 0 amide bonds. The Labute approximate surface area is 173 Å². The van der Waals surface area contributed by atoms with Crippen LogP contribution in [0.4, 0.5) is 0 Å². The molecular formula is C19H30IN3O3. The van der Waals surface area contributed by atoms with E-state index in [9.17, 15) is 4.79 Å². The normalized spacial score (nSPS) is 16.6. The van der Waals surface area contributed by atoms with Gasteiger partial charge in [-0.15, -0.1) is 24.0 Å². The van der Waals surface area contributed by atoms with Gasteiger partial charge < -0.3 is 19.7 Å². The number of carbonyl (C=O) groups excluding carboxylic acids is 1. The smallest absolute Gasteiger partial charge is 0.308 e. The summed E-state index contributed by atoms with van der Waals surface area (Å²) in [5.74, 6) is 0.772. The minimum atomic E-state index is -0.106. The summed E-state index contributed by atoms with van der Waals surface area (Å²) < 4.78 is 10.5. The van der Waals surface area contributed by atoms with Gasteiger partial charge in [0.25, 0.3) is 0 Å². The molecule has 1 aliphatic heterocycles. The van der Waals surface area contributed by atoms with Crippen LogP contribution < -0.4 is 5.32 Å². The predicted molar refractivity (Wildman–Crippen MR) is 114 cm³/mol. The lowest BCUT2D eigenvalue weighted by Crippen LogP contribution is -2.46. The van der Waals surface area contributed by atoms with Crippen molar-refractivity contribution in [2.45, 2.75) is 25.9 Å². The first-order chi connectivity index (χ1) is 12.2. The highest BCUT2D eigenvalue weighted by atomic mass is 127. The SMILES string of the molecule is CCNC(=NCC(OC)c1ccccc1)N1CCC(C(=O)OC)CC1.I. The van der Waals surface area contributed by atoms with E-state index in [4.69, 9.17) is 14.5 Å². The molecule has 0 spiro atoms. The van der Waals surface area contributed by atoms with Crippen LogP contribution in [0.5, 0.6) is 0 Å². The number of halogens is 1. The van der Waals surface area contributed by atoms with Gasteiger partial charge in [0.15, 0.2) is 5.96 Å². The third-order valence-corrected chi connectivity index (χ3v) is 4.53. The van der Waals surface area contributed by atoms with Crippen molar-refractivity contribution >= 4 is 35.9 Å². The minimum Gasteiger partial charge on any atom is -0.469 e. The molecule has 1 N–H and O–H groups in total. The quantitative estimate of drug-likeness (QED) is 0.297. The number of benzene rings is 1. The Balaban J connectivity index is 0.00000338. The number of methoxy groups -OCH3 is 2. The summed E-state index contributed by atoms with van der Waals surface area (Å²) in [5.41, 5.74) is 1.12. The number of likely N-dealkylation sites (tertiary alicyclic amines) is 1. The van der Waals surface area contributed by atoms with Crippen LogP contribution in [0.3, 0.4) is 0 Å². The fourth-order valence-corrected chi connectivity index (χ4v) is 3.07. The highest BCUT2D eigenvalue weighted by Crippen LogP contribution is 2.20. The number of aliphatic imine (C=N–C) groups is 1. The third-order valence-electron chi connectivity index (χ3n) is 4.53. The van der Waals surface area contributed by atoms with E-state index < -0.39 is 0 Å². The molecule has 0 saturated carbocycles. The lowest BCUT2D eigenvalue weighted by Gasteiger charge is -2.33. The second kappa shape index (κ2) is 12.1. The Kier molecular flexibility index (Phi) is 10.6. The molecule has 1 heterocycles. The molecular weight excluding hydrogens is 445 g/mol. The first-order valence-electron chi connectivity index (χ1n) is 8.88. The van der Waals surface area contributed by atoms with Crippen molar-refractivity contribution in [3.8, 4) is 0 Å². The Bertz CT molecular complexity index is 560. The molecule has 6 nitrogen and oxygen atoms in total. The first kappa shape index (κ1) is 22.7. The monoisotopic (exact) mass is 475 g/mol. The van der Waals surface area contributed by atoms with Crippen molar-refractivity contribution in [1.82, 2.24) is 10.2 Å². The second-order valence-electron chi connectivity index (χ2n) is 6.11. The fourth-order valence-electron chi connectivity index (χ4n) is 3.07. The fraction of sp³-hybridized carbons (Fsp3) is 0.579. The molecule has 1 aromatic carbocycles. The number of ether oxygens (including phenoxy) is 2. The van der Waals surface area contributed by atoms with Gasteiger partial charge in [-0.1, -0.05) is 30.3 Å². The molecule has 7 heteroatoms. The molecule has 1 saturated heterocycles. The summed E-state index contributed by atoms with van der Waals surface area (Å²) in [4.78, 5) is 18.7. The number of hydrogen-bond acceptors (Lipinski definition) is 4. The number of esters is 1. The maximum absolute atomic E-state index is 11.7. The van der Waals surface area contributed by atoms with Gasteiger partial charge >= 0.3 is 5.97 Å². The maximum Gasteiger partial charge on any atom is 0.308 e. The zero-order valence-corrected chi connectivity index (χ0v) is 18.1. The summed E-state index contributed by atoms with van der Waals surface area (Å²) in [6.07, 6.45) is 1.52. The van der Waals surface area contributed by atoms with Crippen LogP contribution in [0.25, 0.3) is 0 Å². The molecule has 1 aromatic rings. The maximum atomic E-state index is 11.7. The lowest BCUT2D eigenvalue weighted by atomic mass is 9.97. The van der Waals surface area contributed by atoms with E-state index in [2.05, 4.69) is 29.3 Å². The molecule has 0 aliphatic carbocycles. The Hall–Kier alpha value is -1.35. The predicted octanol–water partition coefficient (Wildman–Crippen LogP) is 2.84. The molecule has 1 aliphatic rings. The molecule has 26 heavy (non-hydrogen) atoms. The number of hydrogen-bond donors (Lipinski definition) is 1. The topological polar surface area (TPSA) is 63.2 Å². The summed E-state index contributed by atoms with van der Waals surface area (Å²) in [7, 11) is 3.16. The zero-order chi connectivity index (χ0) is 18.1. The molecule has 0 bridgehead atoms. The van der Waals surface area contributed by atoms with Crippen LogP contribution in [0.15, 0.2) is 35.3 Å². The van der Waals surface area contributed by atoms with Gasteiger partial charge in [-0.3, -0.25) is 9.79 Å². The van der Waals surface area contributed by atoms with Crippen LogP contribution in [0.1, 0.15) is 31.4 Å². The highest BCUT2D eigenvalue weighted by Gasteiger charge is 2.27. The molecule has 0 radical (unpaired) electrons. The summed E-state index contributed by atoms with van der Waals surface area (Å²) in [6.45, 7) is 5.02. The lowest BCUT2D eigenvalue weighted by molar-refractivity contribution is -0.146. The van der Waals surface area contributed by atoms with E-state index in [-0.39, 0.29) is 42.0 Å². The third kappa shape index (κ3) is 6.42. The largest absolute Gasteiger partial charge is 0.469 e. The van der Waals surface area contributed by atoms with Crippen LogP contribution in [0, 0.1) is 5.92 Å². The molecule has 1 atom stereocenters.